The number of ether oxygens (including phenoxy) is 1. The minimum Gasteiger partial charge on any atom is -0.493 e. The zero-order valence-corrected chi connectivity index (χ0v) is 18.6. The van der Waals surface area contributed by atoms with Crippen LogP contribution in [0.3, 0.4) is 0 Å². The van der Waals surface area contributed by atoms with E-state index in [9.17, 15) is 0 Å². The summed E-state index contributed by atoms with van der Waals surface area (Å²) in [6.45, 7) is 12.5. The Bertz CT molecular complexity index is 996. The summed E-state index contributed by atoms with van der Waals surface area (Å²) in [5.41, 5.74) is 3.67. The lowest BCUT2D eigenvalue weighted by Crippen LogP contribution is -2.35. The number of para-hydroxylation sites is 1. The van der Waals surface area contributed by atoms with E-state index in [1.165, 1.54) is 17.7 Å². The van der Waals surface area contributed by atoms with Crippen LogP contribution in [0.1, 0.15) is 62.9 Å². The first-order chi connectivity index (χ1) is 14.4. The summed E-state index contributed by atoms with van der Waals surface area (Å²) in [6, 6.07) is 10.6. The first kappa shape index (κ1) is 20.8. The number of hydrogen-bond acceptors (Lipinski definition) is 5. The molecule has 0 bridgehead atoms. The second-order valence-corrected chi connectivity index (χ2v) is 9.28. The average molecular weight is 408 g/mol. The predicted molar refractivity (Wildman–Crippen MR) is 119 cm³/mol. The maximum atomic E-state index is 6.25. The molecule has 3 aromatic rings. The second-order valence-electron chi connectivity index (χ2n) is 9.28. The molecule has 0 radical (unpaired) electrons. The van der Waals surface area contributed by atoms with Gasteiger partial charge in [-0.25, -0.2) is 9.50 Å². The van der Waals surface area contributed by atoms with Crippen LogP contribution in [0, 0.1) is 12.3 Å². The number of rotatable bonds is 7. The zero-order chi connectivity index (χ0) is 21.1. The fourth-order valence-electron chi connectivity index (χ4n) is 4.08. The maximum absolute atomic E-state index is 6.25. The van der Waals surface area contributed by atoms with E-state index in [1.807, 2.05) is 11.4 Å². The van der Waals surface area contributed by atoms with Gasteiger partial charge in [0.25, 0.3) is 5.78 Å². The number of fused-ring (bicyclic) bond motifs is 1. The molecule has 6 nitrogen and oxygen atoms in total. The Kier molecular flexibility index (Phi) is 6.04. The van der Waals surface area contributed by atoms with Gasteiger partial charge in [-0.1, -0.05) is 39.0 Å². The predicted octanol–water partition coefficient (Wildman–Crippen LogP) is 4.63. The molecule has 1 aromatic carbocycles. The van der Waals surface area contributed by atoms with Crippen molar-refractivity contribution in [2.24, 2.45) is 5.41 Å². The number of hydrogen-bond donors (Lipinski definition) is 0. The fourth-order valence-corrected chi connectivity index (χ4v) is 4.08. The number of benzene rings is 1. The summed E-state index contributed by atoms with van der Waals surface area (Å²) >= 11 is 0. The van der Waals surface area contributed by atoms with Crippen LogP contribution in [0.25, 0.3) is 5.78 Å². The van der Waals surface area contributed by atoms with Crippen molar-refractivity contribution < 1.29 is 4.74 Å². The smallest absolute Gasteiger partial charge is 0.252 e. The third-order valence-electron chi connectivity index (χ3n) is 6.27. The molecule has 30 heavy (non-hydrogen) atoms. The summed E-state index contributed by atoms with van der Waals surface area (Å²) in [5, 5.41) is 4.42. The number of aromatic nitrogens is 4. The topological polar surface area (TPSA) is 55.5 Å². The molecule has 1 aliphatic rings. The summed E-state index contributed by atoms with van der Waals surface area (Å²) in [6.07, 6.45) is 5.04. The van der Waals surface area contributed by atoms with Crippen LogP contribution in [0.15, 0.2) is 36.7 Å². The molecule has 1 fully saturated rings. The zero-order valence-electron chi connectivity index (χ0n) is 18.6. The Labute approximate surface area is 179 Å². The summed E-state index contributed by atoms with van der Waals surface area (Å²) < 4.78 is 8.16. The van der Waals surface area contributed by atoms with Crippen LogP contribution in [0.4, 0.5) is 0 Å². The third kappa shape index (κ3) is 4.64. The highest BCUT2D eigenvalue weighted by atomic mass is 16.5. The highest BCUT2D eigenvalue weighted by Crippen LogP contribution is 2.30. The molecule has 0 amide bonds. The number of piperidine rings is 1. The van der Waals surface area contributed by atoms with Crippen LogP contribution in [-0.4, -0.2) is 44.2 Å². The SMILES string of the molecule is CCC(C)(C)COc1ccccc1CN1CCCC(c2cc(C)nc3ncnn23)C1. The van der Waals surface area contributed by atoms with Crippen LogP contribution >= 0.6 is 0 Å². The van der Waals surface area contributed by atoms with Crippen molar-refractivity contribution >= 4 is 5.78 Å². The van der Waals surface area contributed by atoms with Gasteiger partial charge < -0.3 is 4.74 Å². The van der Waals surface area contributed by atoms with Crippen LogP contribution in [0.2, 0.25) is 0 Å². The highest BCUT2D eigenvalue weighted by Gasteiger charge is 2.25. The summed E-state index contributed by atoms with van der Waals surface area (Å²) in [4.78, 5) is 11.3. The van der Waals surface area contributed by atoms with Crippen molar-refractivity contribution in [1.82, 2.24) is 24.5 Å². The molecule has 3 heterocycles. The van der Waals surface area contributed by atoms with Gasteiger partial charge in [0.05, 0.1) is 12.3 Å². The van der Waals surface area contributed by atoms with E-state index < -0.39 is 0 Å². The minimum absolute atomic E-state index is 0.186. The molecule has 4 rings (SSSR count). The Morgan fingerprint density at radius 1 is 1.23 bits per heavy atom. The van der Waals surface area contributed by atoms with E-state index in [0.29, 0.717) is 11.7 Å². The molecule has 1 saturated heterocycles. The van der Waals surface area contributed by atoms with Crippen molar-refractivity contribution in [2.75, 3.05) is 19.7 Å². The van der Waals surface area contributed by atoms with E-state index in [4.69, 9.17) is 4.74 Å². The standard InChI is InChI=1S/C24H33N5O/c1-5-24(3,4)16-30-22-11-7-6-9-20(22)15-28-12-8-10-19(14-28)21-13-18(2)27-23-25-17-26-29(21)23/h6-7,9,11,13,17,19H,5,8,10,12,14-16H2,1-4H3. The van der Waals surface area contributed by atoms with Gasteiger partial charge in [-0.05, 0) is 50.3 Å². The first-order valence-corrected chi connectivity index (χ1v) is 11.1. The Hall–Kier alpha value is -2.47. The lowest BCUT2D eigenvalue weighted by Gasteiger charge is -2.33. The Morgan fingerprint density at radius 3 is 2.90 bits per heavy atom. The molecule has 0 aliphatic carbocycles. The molecule has 1 unspecified atom stereocenters. The maximum Gasteiger partial charge on any atom is 0.252 e. The van der Waals surface area contributed by atoms with Gasteiger partial charge >= 0.3 is 0 Å². The summed E-state index contributed by atoms with van der Waals surface area (Å²) in [7, 11) is 0. The minimum atomic E-state index is 0.186. The van der Waals surface area contributed by atoms with Crippen LogP contribution < -0.4 is 4.74 Å². The molecule has 160 valence electrons. The van der Waals surface area contributed by atoms with E-state index in [0.717, 1.165) is 50.5 Å². The fraction of sp³-hybridized carbons (Fsp3) is 0.542. The van der Waals surface area contributed by atoms with Gasteiger partial charge in [0, 0.05) is 30.3 Å². The molecule has 2 aromatic heterocycles. The van der Waals surface area contributed by atoms with Crippen LogP contribution in [-0.2, 0) is 6.54 Å². The molecule has 0 saturated carbocycles. The van der Waals surface area contributed by atoms with Crippen molar-refractivity contribution in [2.45, 2.75) is 59.4 Å². The van der Waals surface area contributed by atoms with E-state index >= 15 is 0 Å². The normalized spacial score (nSPS) is 18.1. The van der Waals surface area contributed by atoms with Gasteiger partial charge in [-0.2, -0.15) is 10.1 Å². The molecule has 6 heteroatoms. The number of aryl methyl sites for hydroxylation is 1. The highest BCUT2D eigenvalue weighted by molar-refractivity contribution is 5.34. The largest absolute Gasteiger partial charge is 0.493 e. The van der Waals surface area contributed by atoms with Crippen molar-refractivity contribution in [1.29, 1.82) is 0 Å². The van der Waals surface area contributed by atoms with Gasteiger partial charge in [-0.15, -0.1) is 0 Å². The lowest BCUT2D eigenvalue weighted by atomic mass is 9.92. The molecule has 1 atom stereocenters. The van der Waals surface area contributed by atoms with Crippen molar-refractivity contribution in [3.8, 4) is 5.75 Å². The average Bonchev–Trinajstić information content (AvgIpc) is 3.21. The molecular weight excluding hydrogens is 374 g/mol. The molecule has 1 aliphatic heterocycles. The lowest BCUT2D eigenvalue weighted by molar-refractivity contribution is 0.166. The number of likely N-dealkylation sites (tertiary alicyclic amines) is 1. The van der Waals surface area contributed by atoms with E-state index in [1.54, 1.807) is 6.33 Å². The van der Waals surface area contributed by atoms with E-state index in [-0.39, 0.29) is 5.41 Å². The van der Waals surface area contributed by atoms with Gasteiger partial charge in [0.15, 0.2) is 0 Å². The second kappa shape index (κ2) is 8.72. The first-order valence-electron chi connectivity index (χ1n) is 11.1. The van der Waals surface area contributed by atoms with Gasteiger partial charge in [0.1, 0.15) is 12.1 Å². The Morgan fingerprint density at radius 2 is 2.07 bits per heavy atom. The summed E-state index contributed by atoms with van der Waals surface area (Å²) in [5.74, 6) is 2.13. The molecule has 0 spiro atoms. The van der Waals surface area contributed by atoms with E-state index in [2.05, 4.69) is 71.1 Å². The van der Waals surface area contributed by atoms with Gasteiger partial charge in [-0.3, -0.25) is 4.90 Å². The van der Waals surface area contributed by atoms with Crippen molar-refractivity contribution in [3.63, 3.8) is 0 Å². The number of nitrogens with zero attached hydrogens (tertiary/aromatic N) is 5. The van der Waals surface area contributed by atoms with Crippen molar-refractivity contribution in [3.05, 3.63) is 53.6 Å². The molecular formula is C24H33N5O. The third-order valence-corrected chi connectivity index (χ3v) is 6.27. The Balaban J connectivity index is 1.49. The molecule has 0 N–H and O–H groups in total. The monoisotopic (exact) mass is 407 g/mol. The van der Waals surface area contributed by atoms with Crippen LogP contribution in [0.5, 0.6) is 5.75 Å². The quantitative estimate of drug-likeness (QED) is 0.572. The van der Waals surface area contributed by atoms with Gasteiger partial charge in [0.2, 0.25) is 0 Å².